The van der Waals surface area contributed by atoms with Crippen LogP contribution in [-0.2, 0) is 14.3 Å². The number of ketones is 1. The maximum atomic E-state index is 13.1. The van der Waals surface area contributed by atoms with Crippen molar-refractivity contribution in [3.8, 4) is 0 Å². The number of nitrogens with zero attached hydrogens (tertiary/aromatic N) is 2. The summed E-state index contributed by atoms with van der Waals surface area (Å²) in [6.07, 6.45) is 0. The highest BCUT2D eigenvalue weighted by Crippen LogP contribution is 2.43. The molecule has 0 bridgehead atoms. The first-order valence-corrected chi connectivity index (χ1v) is 10.8. The molecule has 2 aromatic carbocycles. The van der Waals surface area contributed by atoms with Crippen molar-refractivity contribution in [3.05, 3.63) is 87.9 Å². The largest absolute Gasteiger partial charge is 0.507 e. The number of hydrogen-bond acceptors (Lipinski definition) is 7. The Morgan fingerprint density at radius 2 is 1.72 bits per heavy atom. The monoisotopic (exact) mass is 448 g/mol. The molecular formula is C24H20N2O5S. The first-order chi connectivity index (χ1) is 15.4. The van der Waals surface area contributed by atoms with Crippen molar-refractivity contribution in [1.29, 1.82) is 0 Å². The molecule has 8 heteroatoms. The Hall–Kier alpha value is -3.78. The summed E-state index contributed by atoms with van der Waals surface area (Å²) in [6.45, 7) is 3.55. The first kappa shape index (κ1) is 21.5. The molecule has 1 aliphatic rings. The molecule has 4 rings (SSSR count). The second-order valence-corrected chi connectivity index (χ2v) is 8.05. The Bertz CT molecular complexity index is 1220. The maximum absolute atomic E-state index is 13.1. The number of hydrogen-bond donors (Lipinski definition) is 1. The van der Waals surface area contributed by atoms with Gasteiger partial charge in [-0.3, -0.25) is 14.5 Å². The van der Waals surface area contributed by atoms with Gasteiger partial charge in [0.25, 0.3) is 5.78 Å². The lowest BCUT2D eigenvalue weighted by atomic mass is 9.95. The lowest BCUT2D eigenvalue weighted by Crippen LogP contribution is -2.29. The van der Waals surface area contributed by atoms with Crippen LogP contribution in [0.5, 0.6) is 0 Å². The number of esters is 1. The van der Waals surface area contributed by atoms with E-state index in [1.165, 1.54) is 4.90 Å². The number of thiazole rings is 1. The van der Waals surface area contributed by atoms with Crippen LogP contribution in [-0.4, -0.2) is 34.4 Å². The zero-order chi connectivity index (χ0) is 22.8. The summed E-state index contributed by atoms with van der Waals surface area (Å²) < 4.78 is 5.07. The van der Waals surface area contributed by atoms with Crippen LogP contribution in [0.15, 0.2) is 66.2 Å². The van der Waals surface area contributed by atoms with Crippen LogP contribution in [0.25, 0.3) is 5.76 Å². The van der Waals surface area contributed by atoms with Gasteiger partial charge in [-0.2, -0.15) is 0 Å². The van der Waals surface area contributed by atoms with E-state index < -0.39 is 23.7 Å². The molecular weight excluding hydrogens is 428 g/mol. The minimum absolute atomic E-state index is 0.0297. The Labute approximate surface area is 188 Å². The number of benzene rings is 2. The number of aliphatic hydroxyl groups excluding tert-OH is 1. The molecule has 1 N–H and O–H groups in total. The van der Waals surface area contributed by atoms with Crippen molar-refractivity contribution < 1.29 is 24.2 Å². The molecule has 1 amide bonds. The Morgan fingerprint density at radius 3 is 2.34 bits per heavy atom. The average Bonchev–Trinajstić information content (AvgIpc) is 3.32. The summed E-state index contributed by atoms with van der Waals surface area (Å²) in [7, 11) is 0. The molecule has 0 spiro atoms. The second kappa shape index (κ2) is 8.76. The van der Waals surface area contributed by atoms with E-state index in [4.69, 9.17) is 4.74 Å². The van der Waals surface area contributed by atoms with E-state index in [1.54, 1.807) is 68.4 Å². The molecule has 1 fully saturated rings. The summed E-state index contributed by atoms with van der Waals surface area (Å²) in [6, 6.07) is 16.6. The highest BCUT2D eigenvalue weighted by atomic mass is 32.1. The standard InChI is InChI=1S/C24H20N2O5S/c1-3-31-23(30)21-14(2)25-24(32-21)26-18(15-10-6-4-7-11-15)17(20(28)22(26)29)19(27)16-12-8-5-9-13-16/h4-13,18,27H,3H2,1-2H3/b19-17+. The Kier molecular flexibility index (Phi) is 5.87. The zero-order valence-electron chi connectivity index (χ0n) is 17.4. The van der Waals surface area contributed by atoms with Crippen molar-refractivity contribution >= 4 is 39.9 Å². The minimum atomic E-state index is -0.892. The number of ether oxygens (including phenoxy) is 1. The smallest absolute Gasteiger partial charge is 0.350 e. The third-order valence-electron chi connectivity index (χ3n) is 5.06. The molecule has 32 heavy (non-hydrogen) atoms. The first-order valence-electron chi connectivity index (χ1n) is 10.00. The number of carbonyl (C=O) groups is 3. The predicted octanol–water partition coefficient (Wildman–Crippen LogP) is 4.25. The number of anilines is 1. The van der Waals surface area contributed by atoms with Crippen LogP contribution in [0, 0.1) is 6.92 Å². The van der Waals surface area contributed by atoms with Crippen LogP contribution >= 0.6 is 11.3 Å². The van der Waals surface area contributed by atoms with Crippen LogP contribution in [0.3, 0.4) is 0 Å². The molecule has 0 saturated carbocycles. The van der Waals surface area contributed by atoms with Gasteiger partial charge in [0.1, 0.15) is 10.6 Å². The second-order valence-electron chi connectivity index (χ2n) is 7.08. The third kappa shape index (κ3) is 3.69. The van der Waals surface area contributed by atoms with Crippen LogP contribution < -0.4 is 4.90 Å². The van der Waals surface area contributed by atoms with Gasteiger partial charge < -0.3 is 9.84 Å². The van der Waals surface area contributed by atoms with E-state index in [0.717, 1.165) is 11.3 Å². The van der Waals surface area contributed by atoms with Crippen molar-refractivity contribution in [3.63, 3.8) is 0 Å². The van der Waals surface area contributed by atoms with Gasteiger partial charge in [-0.15, -0.1) is 0 Å². The molecule has 1 aromatic heterocycles. The van der Waals surface area contributed by atoms with E-state index in [2.05, 4.69) is 4.98 Å². The lowest BCUT2D eigenvalue weighted by Gasteiger charge is -2.22. The normalized spacial score (nSPS) is 17.6. The van der Waals surface area contributed by atoms with Crippen LogP contribution in [0.1, 0.15) is 39.5 Å². The van der Waals surface area contributed by atoms with Gasteiger partial charge in [-0.05, 0) is 19.4 Å². The number of aromatic nitrogens is 1. The molecule has 3 aromatic rings. The van der Waals surface area contributed by atoms with E-state index in [0.29, 0.717) is 16.8 Å². The van der Waals surface area contributed by atoms with Crippen molar-refractivity contribution in [2.45, 2.75) is 19.9 Å². The Morgan fingerprint density at radius 1 is 1.09 bits per heavy atom. The van der Waals surface area contributed by atoms with Crippen LogP contribution in [0.2, 0.25) is 0 Å². The summed E-state index contributed by atoms with van der Waals surface area (Å²) >= 11 is 0.982. The van der Waals surface area contributed by atoms with E-state index in [9.17, 15) is 19.5 Å². The number of Topliss-reactive ketones (excluding diaryl/α,β-unsaturated/α-hetero) is 1. The number of carbonyl (C=O) groups excluding carboxylic acids is 3. The van der Waals surface area contributed by atoms with Gasteiger partial charge in [0.15, 0.2) is 5.13 Å². The Balaban J connectivity index is 1.89. The maximum Gasteiger partial charge on any atom is 0.350 e. The molecule has 1 saturated heterocycles. The fraction of sp³-hybridized carbons (Fsp3) is 0.167. The number of amides is 1. The summed E-state index contributed by atoms with van der Waals surface area (Å²) in [5, 5.41) is 11.2. The predicted molar refractivity (Wildman–Crippen MR) is 120 cm³/mol. The summed E-state index contributed by atoms with van der Waals surface area (Å²) in [4.78, 5) is 44.4. The van der Waals surface area contributed by atoms with E-state index in [-0.39, 0.29) is 27.9 Å². The van der Waals surface area contributed by atoms with Gasteiger partial charge in [0.2, 0.25) is 0 Å². The lowest BCUT2D eigenvalue weighted by molar-refractivity contribution is -0.132. The van der Waals surface area contributed by atoms with Gasteiger partial charge >= 0.3 is 11.9 Å². The number of aliphatic hydroxyl groups is 1. The summed E-state index contributed by atoms with van der Waals surface area (Å²) in [5.74, 6) is -2.43. The molecule has 1 unspecified atom stereocenters. The van der Waals surface area contributed by atoms with E-state index >= 15 is 0 Å². The third-order valence-corrected chi connectivity index (χ3v) is 6.20. The molecule has 7 nitrogen and oxygen atoms in total. The molecule has 2 heterocycles. The van der Waals surface area contributed by atoms with Gasteiger partial charge in [0, 0.05) is 5.56 Å². The highest BCUT2D eigenvalue weighted by molar-refractivity contribution is 7.17. The quantitative estimate of drug-likeness (QED) is 0.271. The fourth-order valence-corrected chi connectivity index (χ4v) is 4.59. The van der Waals surface area contributed by atoms with Crippen molar-refractivity contribution in [2.24, 2.45) is 0 Å². The molecule has 0 aliphatic carbocycles. The zero-order valence-corrected chi connectivity index (χ0v) is 18.3. The number of rotatable bonds is 5. The van der Waals surface area contributed by atoms with Gasteiger partial charge in [-0.1, -0.05) is 72.0 Å². The summed E-state index contributed by atoms with van der Waals surface area (Å²) in [5.41, 5.74) is 1.43. The topological polar surface area (TPSA) is 96.8 Å². The molecule has 0 radical (unpaired) electrons. The molecule has 162 valence electrons. The SMILES string of the molecule is CCOC(=O)c1sc(N2C(=O)C(=O)/C(=C(/O)c3ccccc3)C2c2ccccc2)nc1C. The van der Waals surface area contributed by atoms with Gasteiger partial charge in [0.05, 0.1) is 23.9 Å². The van der Waals surface area contributed by atoms with Crippen molar-refractivity contribution in [1.82, 2.24) is 4.98 Å². The highest BCUT2D eigenvalue weighted by Gasteiger charge is 2.48. The molecule has 1 atom stereocenters. The number of aryl methyl sites for hydroxylation is 1. The van der Waals surface area contributed by atoms with Crippen LogP contribution in [0.4, 0.5) is 5.13 Å². The van der Waals surface area contributed by atoms with Gasteiger partial charge in [-0.25, -0.2) is 9.78 Å². The van der Waals surface area contributed by atoms with Crippen molar-refractivity contribution in [2.75, 3.05) is 11.5 Å². The molecule has 1 aliphatic heterocycles. The fourth-order valence-electron chi connectivity index (χ4n) is 3.60. The minimum Gasteiger partial charge on any atom is -0.507 e. The van der Waals surface area contributed by atoms with E-state index in [1.807, 2.05) is 6.07 Å². The average molecular weight is 449 g/mol.